The molecule has 118 valence electrons. The zero-order valence-corrected chi connectivity index (χ0v) is 12.1. The van der Waals surface area contributed by atoms with Crippen molar-refractivity contribution >= 4 is 17.6 Å². The zero-order valence-electron chi connectivity index (χ0n) is 12.1. The molecule has 7 heteroatoms. The lowest BCUT2D eigenvalue weighted by atomic mass is 9.97. The van der Waals surface area contributed by atoms with Gasteiger partial charge in [0, 0.05) is 31.6 Å². The minimum absolute atomic E-state index is 0.00821. The van der Waals surface area contributed by atoms with E-state index in [4.69, 9.17) is 5.11 Å². The summed E-state index contributed by atoms with van der Waals surface area (Å²) in [5, 5.41) is 19.7. The number of carbonyl (C=O) groups excluding carboxylic acids is 1. The maximum Gasteiger partial charge on any atom is 0.308 e. The number of hydrogen-bond acceptors (Lipinski definition) is 4. The van der Waals surface area contributed by atoms with E-state index in [0.29, 0.717) is 25.8 Å². The summed E-state index contributed by atoms with van der Waals surface area (Å²) < 4.78 is 0. The Hall–Kier alpha value is -2.44. The number of nitro benzene ring substituents is 1. The molecule has 1 aliphatic heterocycles. The largest absolute Gasteiger partial charge is 0.481 e. The van der Waals surface area contributed by atoms with Crippen LogP contribution in [0.25, 0.3) is 0 Å². The molecule has 0 radical (unpaired) electrons. The quantitative estimate of drug-likeness (QED) is 0.661. The van der Waals surface area contributed by atoms with Crippen LogP contribution in [-0.4, -0.2) is 39.9 Å². The van der Waals surface area contributed by atoms with Crippen LogP contribution in [0.5, 0.6) is 0 Å². The summed E-state index contributed by atoms with van der Waals surface area (Å²) in [6, 6.07) is 6.22. The summed E-state index contributed by atoms with van der Waals surface area (Å²) in [5.41, 5.74) is 0.739. The lowest BCUT2D eigenvalue weighted by Crippen LogP contribution is -2.42. The van der Waals surface area contributed by atoms with E-state index >= 15 is 0 Å². The summed E-state index contributed by atoms with van der Waals surface area (Å²) in [7, 11) is 0. The molecule has 0 saturated carbocycles. The molecule has 1 saturated heterocycles. The van der Waals surface area contributed by atoms with Gasteiger partial charge in [0.25, 0.3) is 5.69 Å². The molecule has 0 bridgehead atoms. The topological polar surface area (TPSA) is 101 Å². The molecule has 1 heterocycles. The number of nitrogens with zero attached hydrogens (tertiary/aromatic N) is 2. The Morgan fingerprint density at radius 1 is 1.41 bits per heavy atom. The van der Waals surface area contributed by atoms with Crippen molar-refractivity contribution in [3.8, 4) is 0 Å². The van der Waals surface area contributed by atoms with Crippen LogP contribution in [0.4, 0.5) is 5.69 Å². The second-order valence-electron chi connectivity index (χ2n) is 5.44. The SMILES string of the molecule is O=C(O)C1CCCN(C(=O)CCc2cccc([N+](=O)[O-])c2)C1. The first-order valence-electron chi connectivity index (χ1n) is 7.21. The molecule has 1 N–H and O–H groups in total. The first-order chi connectivity index (χ1) is 10.5. The summed E-state index contributed by atoms with van der Waals surface area (Å²) in [4.78, 5) is 35.0. The highest BCUT2D eigenvalue weighted by Crippen LogP contribution is 2.19. The molecule has 1 aromatic rings. The van der Waals surface area contributed by atoms with Gasteiger partial charge in [0.1, 0.15) is 0 Å². The zero-order chi connectivity index (χ0) is 16.1. The molecular formula is C15H18N2O5. The number of likely N-dealkylation sites (tertiary alicyclic amines) is 1. The average molecular weight is 306 g/mol. The maximum absolute atomic E-state index is 12.2. The van der Waals surface area contributed by atoms with Crippen molar-refractivity contribution in [3.05, 3.63) is 39.9 Å². The predicted molar refractivity (Wildman–Crippen MR) is 78.4 cm³/mol. The predicted octanol–water partition coefficient (Wildman–Crippen LogP) is 1.85. The van der Waals surface area contributed by atoms with Gasteiger partial charge in [-0.15, -0.1) is 0 Å². The van der Waals surface area contributed by atoms with Gasteiger partial charge >= 0.3 is 5.97 Å². The van der Waals surface area contributed by atoms with E-state index in [0.717, 1.165) is 5.56 Å². The van der Waals surface area contributed by atoms with Crippen LogP contribution in [0.2, 0.25) is 0 Å². The molecule has 1 amide bonds. The van der Waals surface area contributed by atoms with Gasteiger partial charge in [-0.25, -0.2) is 0 Å². The van der Waals surface area contributed by atoms with Gasteiger partial charge in [-0.05, 0) is 24.8 Å². The van der Waals surface area contributed by atoms with E-state index in [1.165, 1.54) is 12.1 Å². The summed E-state index contributed by atoms with van der Waals surface area (Å²) in [6.45, 7) is 0.834. The molecule has 1 unspecified atom stereocenters. The number of piperidine rings is 1. The number of carboxylic acid groups (broad SMARTS) is 1. The van der Waals surface area contributed by atoms with Crippen molar-refractivity contribution in [3.63, 3.8) is 0 Å². The molecular weight excluding hydrogens is 288 g/mol. The van der Waals surface area contributed by atoms with Crippen LogP contribution in [0.15, 0.2) is 24.3 Å². The van der Waals surface area contributed by atoms with Crippen LogP contribution in [0, 0.1) is 16.0 Å². The summed E-state index contributed by atoms with van der Waals surface area (Å²) >= 11 is 0. The number of carbonyl (C=O) groups is 2. The number of aryl methyl sites for hydroxylation is 1. The van der Waals surface area contributed by atoms with Crippen molar-refractivity contribution in [1.82, 2.24) is 4.90 Å². The van der Waals surface area contributed by atoms with Crippen LogP contribution in [-0.2, 0) is 16.0 Å². The summed E-state index contributed by atoms with van der Waals surface area (Å²) in [6.07, 6.45) is 1.94. The normalized spacial score (nSPS) is 18.0. The average Bonchev–Trinajstić information content (AvgIpc) is 2.53. The smallest absolute Gasteiger partial charge is 0.308 e. The molecule has 22 heavy (non-hydrogen) atoms. The Balaban J connectivity index is 1.91. The second kappa shape index (κ2) is 7.02. The Kier molecular flexibility index (Phi) is 5.08. The molecule has 0 aliphatic carbocycles. The van der Waals surface area contributed by atoms with E-state index in [9.17, 15) is 19.7 Å². The standard InChI is InChI=1S/C15H18N2O5/c18-14(16-8-2-4-12(10-16)15(19)20)7-6-11-3-1-5-13(9-11)17(21)22/h1,3,5,9,12H,2,4,6-8,10H2,(H,19,20). The van der Waals surface area contributed by atoms with Crippen molar-refractivity contribution in [2.45, 2.75) is 25.7 Å². The van der Waals surface area contributed by atoms with E-state index in [1.54, 1.807) is 17.0 Å². The first kappa shape index (κ1) is 15.9. The maximum atomic E-state index is 12.2. The lowest BCUT2D eigenvalue weighted by Gasteiger charge is -2.30. The molecule has 7 nitrogen and oxygen atoms in total. The monoisotopic (exact) mass is 306 g/mol. The van der Waals surface area contributed by atoms with E-state index < -0.39 is 16.8 Å². The number of amides is 1. The highest BCUT2D eigenvalue weighted by atomic mass is 16.6. The highest BCUT2D eigenvalue weighted by molar-refractivity contribution is 5.78. The number of nitro groups is 1. The fourth-order valence-corrected chi connectivity index (χ4v) is 2.64. The summed E-state index contributed by atoms with van der Waals surface area (Å²) in [5.74, 6) is -1.45. The fraction of sp³-hybridized carbons (Fsp3) is 0.467. The Morgan fingerprint density at radius 3 is 2.86 bits per heavy atom. The number of aliphatic carboxylic acids is 1. The molecule has 1 atom stereocenters. The Bertz CT molecular complexity index is 587. The van der Waals surface area contributed by atoms with Crippen LogP contribution < -0.4 is 0 Å². The minimum Gasteiger partial charge on any atom is -0.481 e. The lowest BCUT2D eigenvalue weighted by molar-refractivity contribution is -0.384. The Morgan fingerprint density at radius 2 is 2.18 bits per heavy atom. The fourth-order valence-electron chi connectivity index (χ4n) is 2.64. The van der Waals surface area contributed by atoms with E-state index in [2.05, 4.69) is 0 Å². The second-order valence-corrected chi connectivity index (χ2v) is 5.44. The number of benzene rings is 1. The number of non-ortho nitro benzene ring substituents is 1. The molecule has 0 spiro atoms. The van der Waals surface area contributed by atoms with Gasteiger partial charge in [-0.1, -0.05) is 12.1 Å². The van der Waals surface area contributed by atoms with Gasteiger partial charge in [-0.2, -0.15) is 0 Å². The van der Waals surface area contributed by atoms with Gasteiger partial charge in [0.05, 0.1) is 10.8 Å². The van der Waals surface area contributed by atoms with Gasteiger partial charge in [-0.3, -0.25) is 19.7 Å². The van der Waals surface area contributed by atoms with Crippen molar-refractivity contribution < 1.29 is 19.6 Å². The third-order valence-corrected chi connectivity index (χ3v) is 3.87. The molecule has 1 aromatic carbocycles. The van der Waals surface area contributed by atoms with E-state index in [-0.39, 0.29) is 24.6 Å². The molecule has 2 rings (SSSR count). The van der Waals surface area contributed by atoms with E-state index in [1.807, 2.05) is 0 Å². The molecule has 1 aliphatic rings. The number of rotatable bonds is 5. The highest BCUT2D eigenvalue weighted by Gasteiger charge is 2.27. The van der Waals surface area contributed by atoms with Gasteiger partial charge < -0.3 is 10.0 Å². The van der Waals surface area contributed by atoms with Crippen LogP contribution in [0.1, 0.15) is 24.8 Å². The number of hydrogen-bond donors (Lipinski definition) is 1. The number of carboxylic acids is 1. The third-order valence-electron chi connectivity index (χ3n) is 3.87. The van der Waals surface area contributed by atoms with Crippen molar-refractivity contribution in [1.29, 1.82) is 0 Å². The minimum atomic E-state index is -0.865. The molecule has 0 aromatic heterocycles. The van der Waals surface area contributed by atoms with Crippen LogP contribution in [0.3, 0.4) is 0 Å². The van der Waals surface area contributed by atoms with Gasteiger partial charge in [0.2, 0.25) is 5.91 Å². The van der Waals surface area contributed by atoms with Crippen LogP contribution >= 0.6 is 0 Å². The molecule has 1 fully saturated rings. The van der Waals surface area contributed by atoms with Crippen molar-refractivity contribution in [2.24, 2.45) is 5.92 Å². The third kappa shape index (κ3) is 4.03. The van der Waals surface area contributed by atoms with Gasteiger partial charge in [0.15, 0.2) is 0 Å². The first-order valence-corrected chi connectivity index (χ1v) is 7.21. The Labute approximate surface area is 127 Å². The van der Waals surface area contributed by atoms with Crippen molar-refractivity contribution in [2.75, 3.05) is 13.1 Å².